The Morgan fingerprint density at radius 1 is 1.21 bits per heavy atom. The molecule has 0 spiro atoms. The maximum atomic E-state index is 12.4. The normalized spacial score (nSPS) is 19.2. The first-order valence-electron chi connectivity index (χ1n) is 7.26. The number of hydrogen-bond donors (Lipinski definition) is 0. The third-order valence-corrected chi connectivity index (χ3v) is 4.21. The first kappa shape index (κ1) is 14.0. The molecular weight excluding hydrogens is 232 g/mol. The van der Waals surface area contributed by atoms with Crippen molar-refractivity contribution in [1.29, 1.82) is 0 Å². The van der Waals surface area contributed by atoms with Gasteiger partial charge in [0.05, 0.1) is 0 Å². The summed E-state index contributed by atoms with van der Waals surface area (Å²) in [6, 6.07) is 4.35. The summed E-state index contributed by atoms with van der Waals surface area (Å²) in [5.74, 6) is 1.06. The van der Waals surface area contributed by atoms with Gasteiger partial charge in [0.25, 0.3) is 0 Å². The van der Waals surface area contributed by atoms with Crippen LogP contribution in [0.15, 0.2) is 23.8 Å². The van der Waals surface area contributed by atoms with Crippen LogP contribution in [0.1, 0.15) is 48.4 Å². The van der Waals surface area contributed by atoms with Crippen molar-refractivity contribution in [3.63, 3.8) is 0 Å². The van der Waals surface area contributed by atoms with Crippen LogP contribution in [0.2, 0.25) is 0 Å². The molecule has 0 aromatic heterocycles. The van der Waals surface area contributed by atoms with Gasteiger partial charge in [0.15, 0.2) is 5.78 Å². The van der Waals surface area contributed by atoms with Crippen molar-refractivity contribution >= 4 is 5.78 Å². The molecule has 1 aliphatic rings. The highest BCUT2D eigenvalue weighted by molar-refractivity contribution is 5.97. The maximum absolute atomic E-state index is 12.4. The van der Waals surface area contributed by atoms with Crippen molar-refractivity contribution in [2.45, 2.75) is 53.4 Å². The Kier molecular flexibility index (Phi) is 4.24. The summed E-state index contributed by atoms with van der Waals surface area (Å²) in [5, 5.41) is 0. The summed E-state index contributed by atoms with van der Waals surface area (Å²) in [5.41, 5.74) is 6.04. The minimum Gasteiger partial charge on any atom is -0.294 e. The van der Waals surface area contributed by atoms with Crippen LogP contribution in [0.3, 0.4) is 0 Å². The molecule has 0 amide bonds. The van der Waals surface area contributed by atoms with Gasteiger partial charge in [-0.05, 0) is 68.2 Å². The van der Waals surface area contributed by atoms with Gasteiger partial charge in [0, 0.05) is 6.42 Å². The largest absolute Gasteiger partial charge is 0.294 e. The smallest absolute Gasteiger partial charge is 0.162 e. The maximum Gasteiger partial charge on any atom is 0.162 e. The number of aryl methyl sites for hydroxylation is 3. The minimum absolute atomic E-state index is 0.321. The molecule has 0 aliphatic heterocycles. The molecule has 1 atom stereocenters. The number of rotatable bonds is 3. The summed E-state index contributed by atoms with van der Waals surface area (Å²) in [7, 11) is 0. The molecule has 1 heteroatoms. The third kappa shape index (κ3) is 3.34. The van der Waals surface area contributed by atoms with Crippen LogP contribution in [0.25, 0.3) is 0 Å². The van der Waals surface area contributed by atoms with Crippen LogP contribution in [0.5, 0.6) is 0 Å². The van der Waals surface area contributed by atoms with Gasteiger partial charge < -0.3 is 0 Å². The topological polar surface area (TPSA) is 17.1 Å². The second kappa shape index (κ2) is 5.73. The molecule has 1 aliphatic carbocycles. The molecule has 0 saturated heterocycles. The number of benzene rings is 1. The Balaban J connectivity index is 2.16. The number of carbonyl (C=O) groups is 1. The highest BCUT2D eigenvalue weighted by Gasteiger charge is 2.17. The first-order chi connectivity index (χ1) is 8.97. The lowest BCUT2D eigenvalue weighted by atomic mass is 9.86. The molecule has 0 radical (unpaired) electrons. The molecule has 1 aromatic rings. The fourth-order valence-corrected chi connectivity index (χ4v) is 2.98. The second-order valence-electron chi connectivity index (χ2n) is 6.09. The van der Waals surface area contributed by atoms with E-state index in [9.17, 15) is 4.79 Å². The van der Waals surface area contributed by atoms with Crippen molar-refractivity contribution in [2.24, 2.45) is 5.92 Å². The van der Waals surface area contributed by atoms with Gasteiger partial charge in [-0.15, -0.1) is 0 Å². The molecule has 0 heterocycles. The van der Waals surface area contributed by atoms with E-state index in [-0.39, 0.29) is 0 Å². The van der Waals surface area contributed by atoms with Gasteiger partial charge in [0.1, 0.15) is 0 Å². The van der Waals surface area contributed by atoms with Crippen LogP contribution in [0, 0.1) is 26.7 Å². The zero-order valence-corrected chi connectivity index (χ0v) is 12.5. The zero-order valence-electron chi connectivity index (χ0n) is 12.5. The zero-order chi connectivity index (χ0) is 14.0. The molecule has 19 heavy (non-hydrogen) atoms. The van der Waals surface area contributed by atoms with E-state index in [0.29, 0.717) is 12.2 Å². The Morgan fingerprint density at radius 3 is 2.37 bits per heavy atom. The summed E-state index contributed by atoms with van der Waals surface area (Å²) in [4.78, 5) is 12.4. The number of carbonyl (C=O) groups excluding carboxylic acids is 1. The fourth-order valence-electron chi connectivity index (χ4n) is 2.98. The number of hydrogen-bond acceptors (Lipinski definition) is 1. The van der Waals surface area contributed by atoms with E-state index in [1.54, 1.807) is 0 Å². The molecule has 0 saturated carbocycles. The fraction of sp³-hybridized carbons (Fsp3) is 0.500. The molecular formula is C18H24O. The predicted molar refractivity (Wildman–Crippen MR) is 80.5 cm³/mol. The first-order valence-corrected chi connectivity index (χ1v) is 7.26. The standard InChI is InChI=1S/C18H24O/c1-12-5-7-16(8-6-12)18(19)11-17-14(3)9-13(2)10-15(17)4/h7,9-10,12H,5-6,8,11H2,1-4H3. The van der Waals surface area contributed by atoms with Crippen molar-refractivity contribution in [1.82, 2.24) is 0 Å². The van der Waals surface area contributed by atoms with Crippen LogP contribution >= 0.6 is 0 Å². The van der Waals surface area contributed by atoms with E-state index < -0.39 is 0 Å². The van der Waals surface area contributed by atoms with Crippen molar-refractivity contribution < 1.29 is 4.79 Å². The van der Waals surface area contributed by atoms with E-state index in [1.165, 1.54) is 22.3 Å². The van der Waals surface area contributed by atoms with E-state index in [0.717, 1.165) is 30.8 Å². The number of ketones is 1. The van der Waals surface area contributed by atoms with E-state index in [1.807, 2.05) is 0 Å². The van der Waals surface area contributed by atoms with Gasteiger partial charge in [-0.25, -0.2) is 0 Å². The highest BCUT2D eigenvalue weighted by atomic mass is 16.1. The Hall–Kier alpha value is -1.37. The summed E-state index contributed by atoms with van der Waals surface area (Å²) < 4.78 is 0. The average Bonchev–Trinajstić information content (AvgIpc) is 2.34. The summed E-state index contributed by atoms with van der Waals surface area (Å²) in [6.45, 7) is 8.59. The van der Waals surface area contributed by atoms with Crippen LogP contribution in [-0.4, -0.2) is 5.78 Å². The Labute approximate surface area is 116 Å². The average molecular weight is 256 g/mol. The quantitative estimate of drug-likeness (QED) is 0.779. The lowest BCUT2D eigenvalue weighted by Gasteiger charge is -2.18. The van der Waals surface area contributed by atoms with Crippen molar-refractivity contribution in [3.05, 3.63) is 46.0 Å². The molecule has 1 aromatic carbocycles. The van der Waals surface area contributed by atoms with Gasteiger partial charge in [-0.1, -0.05) is 30.7 Å². The summed E-state index contributed by atoms with van der Waals surface area (Å²) >= 11 is 0. The van der Waals surface area contributed by atoms with Crippen LogP contribution in [-0.2, 0) is 11.2 Å². The molecule has 1 unspecified atom stereocenters. The molecule has 0 bridgehead atoms. The van der Waals surface area contributed by atoms with Crippen LogP contribution < -0.4 is 0 Å². The highest BCUT2D eigenvalue weighted by Crippen LogP contribution is 2.25. The van der Waals surface area contributed by atoms with Crippen LogP contribution in [0.4, 0.5) is 0 Å². The number of Topliss-reactive ketones (excluding diaryl/α,β-unsaturated/α-hetero) is 1. The van der Waals surface area contributed by atoms with Gasteiger partial charge in [-0.2, -0.15) is 0 Å². The number of allylic oxidation sites excluding steroid dienone is 2. The predicted octanol–water partition coefficient (Wildman–Crippen LogP) is 4.47. The summed E-state index contributed by atoms with van der Waals surface area (Å²) in [6.07, 6.45) is 5.91. The lowest BCUT2D eigenvalue weighted by Crippen LogP contribution is -2.13. The van der Waals surface area contributed by atoms with Crippen molar-refractivity contribution in [3.8, 4) is 0 Å². The molecule has 0 fully saturated rings. The van der Waals surface area contributed by atoms with Gasteiger partial charge in [-0.3, -0.25) is 4.79 Å². The second-order valence-corrected chi connectivity index (χ2v) is 6.09. The monoisotopic (exact) mass is 256 g/mol. The van der Waals surface area contributed by atoms with E-state index in [4.69, 9.17) is 0 Å². The molecule has 2 rings (SSSR count). The molecule has 1 nitrogen and oxygen atoms in total. The third-order valence-electron chi connectivity index (χ3n) is 4.21. The van der Waals surface area contributed by atoms with E-state index >= 15 is 0 Å². The molecule has 102 valence electrons. The Bertz CT molecular complexity index is 499. The SMILES string of the molecule is Cc1cc(C)c(CC(=O)C2=CCC(C)CC2)c(C)c1. The Morgan fingerprint density at radius 2 is 1.84 bits per heavy atom. The molecule has 0 N–H and O–H groups in total. The van der Waals surface area contributed by atoms with Gasteiger partial charge >= 0.3 is 0 Å². The lowest BCUT2D eigenvalue weighted by molar-refractivity contribution is -0.115. The van der Waals surface area contributed by atoms with Crippen molar-refractivity contribution in [2.75, 3.05) is 0 Å². The van der Waals surface area contributed by atoms with Gasteiger partial charge in [0.2, 0.25) is 0 Å². The van der Waals surface area contributed by atoms with E-state index in [2.05, 4.69) is 45.9 Å². The minimum atomic E-state index is 0.321.